The van der Waals surface area contributed by atoms with E-state index in [1.807, 2.05) is 60.7 Å². The molecular weight excluding hydrogens is 424 g/mol. The van der Waals surface area contributed by atoms with Crippen LogP contribution in [-0.4, -0.2) is 18.7 Å². The molecule has 6 rings (SSSR count). The highest BCUT2D eigenvalue weighted by molar-refractivity contribution is 5.78. The summed E-state index contributed by atoms with van der Waals surface area (Å²) in [7, 11) is 0. The Hall–Kier alpha value is -3.60. The number of ether oxygens (including phenoxy) is 4. The van der Waals surface area contributed by atoms with Gasteiger partial charge in [-0.1, -0.05) is 78.9 Å². The van der Waals surface area contributed by atoms with Gasteiger partial charge in [0.2, 0.25) is 0 Å². The Morgan fingerprint density at radius 3 is 2.06 bits per heavy atom. The second-order valence-electron chi connectivity index (χ2n) is 8.81. The van der Waals surface area contributed by atoms with Gasteiger partial charge in [-0.3, -0.25) is 0 Å². The molecule has 1 aliphatic carbocycles. The van der Waals surface area contributed by atoms with E-state index in [9.17, 15) is 0 Å². The third-order valence-electron chi connectivity index (χ3n) is 6.38. The SMILES string of the molecule is CC(OCC1OC1c1cccc2c1Cc1ccccc1-2)(Oc1ccccc1)Oc1ccccc1. The van der Waals surface area contributed by atoms with E-state index in [-0.39, 0.29) is 12.2 Å². The van der Waals surface area contributed by atoms with Gasteiger partial charge in [-0.2, -0.15) is 0 Å². The highest BCUT2D eigenvalue weighted by Crippen LogP contribution is 2.47. The van der Waals surface area contributed by atoms with Crippen LogP contribution in [0, 0.1) is 0 Å². The molecule has 34 heavy (non-hydrogen) atoms. The molecule has 0 N–H and O–H groups in total. The minimum absolute atomic E-state index is 0.0157. The van der Waals surface area contributed by atoms with Gasteiger partial charge in [-0.15, -0.1) is 0 Å². The van der Waals surface area contributed by atoms with Crippen LogP contribution in [0.3, 0.4) is 0 Å². The molecule has 0 amide bonds. The van der Waals surface area contributed by atoms with E-state index in [1.165, 1.54) is 27.8 Å². The van der Waals surface area contributed by atoms with Crippen molar-refractivity contribution in [1.29, 1.82) is 0 Å². The standard InChI is InChI=1S/C30H26O4/c1-30(33-22-12-4-2-5-13-22,34-23-14-6-3-7-15-23)31-20-28-29(32-28)26-18-10-17-25-24-16-9-8-11-21(24)19-27(25)26/h2-18,28-29H,19-20H2,1H3. The Bertz CT molecular complexity index is 1240. The van der Waals surface area contributed by atoms with Crippen LogP contribution in [-0.2, 0) is 15.9 Å². The summed E-state index contributed by atoms with van der Waals surface area (Å²) in [5.74, 6) is 0.0503. The largest absolute Gasteiger partial charge is 0.430 e. The highest BCUT2D eigenvalue weighted by Gasteiger charge is 2.45. The van der Waals surface area contributed by atoms with E-state index in [0.29, 0.717) is 18.1 Å². The fourth-order valence-electron chi connectivity index (χ4n) is 4.71. The van der Waals surface area contributed by atoms with Gasteiger partial charge >= 0.3 is 5.97 Å². The smallest absolute Gasteiger partial charge is 0.368 e. The Balaban J connectivity index is 1.18. The maximum atomic E-state index is 6.22. The molecule has 1 heterocycles. The van der Waals surface area contributed by atoms with Crippen molar-refractivity contribution in [3.05, 3.63) is 120 Å². The zero-order chi connectivity index (χ0) is 23.0. The average Bonchev–Trinajstić information content (AvgIpc) is 3.54. The molecule has 2 atom stereocenters. The van der Waals surface area contributed by atoms with E-state index >= 15 is 0 Å². The average molecular weight is 451 g/mol. The summed E-state index contributed by atoms with van der Waals surface area (Å²) in [4.78, 5) is 0. The third kappa shape index (κ3) is 4.18. The van der Waals surface area contributed by atoms with Crippen molar-refractivity contribution < 1.29 is 18.9 Å². The number of hydrogen-bond acceptors (Lipinski definition) is 4. The van der Waals surface area contributed by atoms with Crippen LogP contribution in [0.4, 0.5) is 0 Å². The summed E-state index contributed by atoms with van der Waals surface area (Å²) in [6.07, 6.45) is 0.913. The molecule has 4 heteroatoms. The first kappa shape index (κ1) is 21.0. The summed E-state index contributed by atoms with van der Waals surface area (Å²) in [5.41, 5.74) is 6.62. The van der Waals surface area contributed by atoms with Crippen molar-refractivity contribution in [2.45, 2.75) is 31.5 Å². The molecule has 0 aromatic heterocycles. The van der Waals surface area contributed by atoms with E-state index in [0.717, 1.165) is 6.42 Å². The number of epoxide rings is 1. The number of benzene rings is 4. The van der Waals surface area contributed by atoms with Gasteiger partial charge in [0.15, 0.2) is 0 Å². The Labute approximate surface area is 199 Å². The minimum atomic E-state index is -1.30. The van der Waals surface area contributed by atoms with E-state index < -0.39 is 5.97 Å². The topological polar surface area (TPSA) is 40.2 Å². The highest BCUT2D eigenvalue weighted by atomic mass is 16.9. The number of hydrogen-bond donors (Lipinski definition) is 0. The first-order valence-corrected chi connectivity index (χ1v) is 11.7. The summed E-state index contributed by atoms with van der Waals surface area (Å²) in [6, 6.07) is 34.3. The van der Waals surface area contributed by atoms with Crippen molar-refractivity contribution in [2.24, 2.45) is 0 Å². The van der Waals surface area contributed by atoms with Gasteiger partial charge < -0.3 is 18.9 Å². The predicted octanol–water partition coefficient (Wildman–Crippen LogP) is 6.55. The zero-order valence-electron chi connectivity index (χ0n) is 19.0. The van der Waals surface area contributed by atoms with Crippen LogP contribution in [0.25, 0.3) is 11.1 Å². The fraction of sp³-hybridized carbons (Fsp3) is 0.200. The molecule has 4 aromatic rings. The lowest BCUT2D eigenvalue weighted by atomic mass is 9.98. The first-order chi connectivity index (χ1) is 16.7. The monoisotopic (exact) mass is 450 g/mol. The molecule has 2 aliphatic rings. The summed E-state index contributed by atoms with van der Waals surface area (Å²) >= 11 is 0. The van der Waals surface area contributed by atoms with Crippen molar-refractivity contribution in [3.63, 3.8) is 0 Å². The van der Waals surface area contributed by atoms with Crippen LogP contribution in [0.2, 0.25) is 0 Å². The lowest BCUT2D eigenvalue weighted by Gasteiger charge is -2.30. The van der Waals surface area contributed by atoms with Crippen LogP contribution in [0.5, 0.6) is 11.5 Å². The Morgan fingerprint density at radius 1 is 0.735 bits per heavy atom. The van der Waals surface area contributed by atoms with Gasteiger partial charge in [0.05, 0.1) is 6.61 Å². The van der Waals surface area contributed by atoms with Crippen molar-refractivity contribution in [3.8, 4) is 22.6 Å². The van der Waals surface area contributed by atoms with Gasteiger partial charge in [-0.05, 0) is 58.5 Å². The minimum Gasteiger partial charge on any atom is -0.430 e. The number of rotatable bonds is 8. The molecule has 170 valence electrons. The maximum Gasteiger partial charge on any atom is 0.368 e. The molecule has 0 radical (unpaired) electrons. The predicted molar refractivity (Wildman–Crippen MR) is 131 cm³/mol. The Kier molecular flexibility index (Phi) is 5.33. The van der Waals surface area contributed by atoms with E-state index in [1.54, 1.807) is 6.92 Å². The molecule has 1 saturated heterocycles. The van der Waals surface area contributed by atoms with Gasteiger partial charge in [0, 0.05) is 6.92 Å². The molecule has 4 nitrogen and oxygen atoms in total. The molecule has 0 saturated carbocycles. The summed E-state index contributed by atoms with van der Waals surface area (Å²) < 4.78 is 24.6. The molecule has 1 aliphatic heterocycles. The van der Waals surface area contributed by atoms with Crippen LogP contribution in [0.1, 0.15) is 29.7 Å². The lowest BCUT2D eigenvalue weighted by Crippen LogP contribution is -2.43. The summed E-state index contributed by atoms with van der Waals surface area (Å²) in [5, 5.41) is 0. The van der Waals surface area contributed by atoms with Gasteiger partial charge in [-0.25, -0.2) is 0 Å². The maximum absolute atomic E-state index is 6.22. The van der Waals surface area contributed by atoms with Crippen molar-refractivity contribution in [1.82, 2.24) is 0 Å². The lowest BCUT2D eigenvalue weighted by molar-refractivity contribution is -0.290. The van der Waals surface area contributed by atoms with Gasteiger partial charge in [0.1, 0.15) is 23.7 Å². The number of fused-ring (bicyclic) bond motifs is 3. The fourth-order valence-corrected chi connectivity index (χ4v) is 4.71. The summed E-state index contributed by atoms with van der Waals surface area (Å²) in [6.45, 7) is 2.15. The van der Waals surface area contributed by atoms with E-state index in [4.69, 9.17) is 18.9 Å². The molecule has 2 unspecified atom stereocenters. The van der Waals surface area contributed by atoms with Crippen LogP contribution < -0.4 is 9.47 Å². The van der Waals surface area contributed by atoms with E-state index in [2.05, 4.69) is 42.5 Å². The first-order valence-electron chi connectivity index (χ1n) is 11.7. The molecule has 0 spiro atoms. The van der Waals surface area contributed by atoms with Crippen LogP contribution >= 0.6 is 0 Å². The molecule has 1 fully saturated rings. The Morgan fingerprint density at radius 2 is 1.35 bits per heavy atom. The zero-order valence-corrected chi connectivity index (χ0v) is 19.0. The van der Waals surface area contributed by atoms with Gasteiger partial charge in [0.25, 0.3) is 0 Å². The third-order valence-corrected chi connectivity index (χ3v) is 6.38. The molecule has 0 bridgehead atoms. The molecule has 4 aromatic carbocycles. The van der Waals surface area contributed by atoms with Crippen molar-refractivity contribution >= 4 is 0 Å². The quantitative estimate of drug-likeness (QED) is 0.199. The normalized spacial score (nSPS) is 18.1. The second-order valence-corrected chi connectivity index (χ2v) is 8.81. The second kappa shape index (κ2) is 8.64. The van der Waals surface area contributed by atoms with Crippen LogP contribution in [0.15, 0.2) is 103 Å². The number of para-hydroxylation sites is 2. The van der Waals surface area contributed by atoms with Crippen molar-refractivity contribution in [2.75, 3.05) is 6.61 Å². The molecular formula is C30H26O4.